The maximum atomic E-state index is 10.9. The minimum Gasteiger partial charge on any atom is -0.530 e. The summed E-state index contributed by atoms with van der Waals surface area (Å²) in [6.45, 7) is 4.86. The molecule has 0 aliphatic rings. The zero-order valence-corrected chi connectivity index (χ0v) is 9.60. The van der Waals surface area contributed by atoms with E-state index in [1.54, 1.807) is 24.3 Å². The van der Waals surface area contributed by atoms with E-state index >= 15 is 0 Å². The van der Waals surface area contributed by atoms with Crippen molar-refractivity contribution in [1.82, 2.24) is 0 Å². The number of hydrogen-bond acceptors (Lipinski definition) is 3. The first kappa shape index (κ1) is 12.4. The zero-order valence-electron chi connectivity index (χ0n) is 9.60. The second-order valence-electron chi connectivity index (χ2n) is 3.34. The van der Waals surface area contributed by atoms with Gasteiger partial charge in [0.15, 0.2) is 0 Å². The summed E-state index contributed by atoms with van der Waals surface area (Å²) < 4.78 is 5.28. The normalized spacial score (nSPS) is 9.88. The summed E-state index contributed by atoms with van der Waals surface area (Å²) >= 11 is 0. The number of carbonyl (C=O) groups excluding carboxylic acids is 1. The molecule has 16 heavy (non-hydrogen) atoms. The third-order valence-electron chi connectivity index (χ3n) is 2.13. The molecule has 1 aromatic carbocycles. The van der Waals surface area contributed by atoms with E-state index in [0.717, 1.165) is 12.2 Å². The molecule has 0 bridgehead atoms. The SMILES string of the molecule is CCCN(C(=O)[O-])c1ccc(OCC)cc1. The standard InChI is InChI=1S/C12H17NO3/c1-3-9-13(12(14)15)10-5-7-11(8-6-10)16-4-2/h5-8H,3-4,9H2,1-2H3,(H,14,15)/p-1. The smallest absolute Gasteiger partial charge is 0.141 e. The van der Waals surface area contributed by atoms with Crippen LogP contribution in [0.5, 0.6) is 5.75 Å². The summed E-state index contributed by atoms with van der Waals surface area (Å²) in [5.74, 6) is 0.737. The molecule has 0 aliphatic carbocycles. The Morgan fingerprint density at radius 1 is 1.31 bits per heavy atom. The molecule has 0 fully saturated rings. The van der Waals surface area contributed by atoms with Gasteiger partial charge in [0.25, 0.3) is 0 Å². The van der Waals surface area contributed by atoms with Crippen molar-refractivity contribution in [2.45, 2.75) is 20.3 Å². The topological polar surface area (TPSA) is 52.6 Å². The van der Waals surface area contributed by atoms with Crippen LogP contribution >= 0.6 is 0 Å². The highest BCUT2D eigenvalue weighted by Crippen LogP contribution is 2.19. The Hall–Kier alpha value is -1.71. The van der Waals surface area contributed by atoms with Gasteiger partial charge in [0, 0.05) is 12.2 Å². The molecule has 0 saturated carbocycles. The molecule has 0 unspecified atom stereocenters. The number of hydrogen-bond donors (Lipinski definition) is 0. The maximum Gasteiger partial charge on any atom is 0.141 e. The van der Waals surface area contributed by atoms with Crippen LogP contribution in [0.2, 0.25) is 0 Å². The first-order valence-corrected chi connectivity index (χ1v) is 5.40. The van der Waals surface area contributed by atoms with Crippen molar-refractivity contribution in [2.75, 3.05) is 18.1 Å². The molecule has 0 N–H and O–H groups in total. The van der Waals surface area contributed by atoms with Gasteiger partial charge in [0.2, 0.25) is 0 Å². The van der Waals surface area contributed by atoms with Gasteiger partial charge in [-0.15, -0.1) is 0 Å². The molecule has 0 atom stereocenters. The Labute approximate surface area is 95.5 Å². The van der Waals surface area contributed by atoms with E-state index in [1.165, 1.54) is 4.90 Å². The van der Waals surface area contributed by atoms with Crippen molar-refractivity contribution in [2.24, 2.45) is 0 Å². The minimum atomic E-state index is -1.17. The lowest BCUT2D eigenvalue weighted by Crippen LogP contribution is -2.41. The average molecular weight is 222 g/mol. The molecular weight excluding hydrogens is 206 g/mol. The van der Waals surface area contributed by atoms with Crippen molar-refractivity contribution in [3.8, 4) is 5.75 Å². The van der Waals surface area contributed by atoms with Crippen LogP contribution in [0.4, 0.5) is 10.5 Å². The largest absolute Gasteiger partial charge is 0.530 e. The van der Waals surface area contributed by atoms with Crippen molar-refractivity contribution in [1.29, 1.82) is 0 Å². The third kappa shape index (κ3) is 3.15. The Morgan fingerprint density at radius 3 is 2.38 bits per heavy atom. The van der Waals surface area contributed by atoms with Crippen LogP contribution in [-0.4, -0.2) is 19.2 Å². The van der Waals surface area contributed by atoms with Gasteiger partial charge < -0.3 is 19.5 Å². The average Bonchev–Trinajstić information content (AvgIpc) is 2.27. The number of amides is 1. The number of benzene rings is 1. The fourth-order valence-electron chi connectivity index (χ4n) is 1.44. The number of rotatable bonds is 5. The molecule has 1 amide bonds. The molecule has 0 radical (unpaired) electrons. The lowest BCUT2D eigenvalue weighted by molar-refractivity contribution is -0.246. The second kappa shape index (κ2) is 6.00. The monoisotopic (exact) mass is 222 g/mol. The van der Waals surface area contributed by atoms with E-state index in [-0.39, 0.29) is 0 Å². The first-order chi connectivity index (χ1) is 7.69. The predicted octanol–water partition coefficient (Wildman–Crippen LogP) is 1.65. The molecule has 1 rings (SSSR count). The first-order valence-electron chi connectivity index (χ1n) is 5.40. The molecule has 0 heterocycles. The van der Waals surface area contributed by atoms with E-state index in [9.17, 15) is 9.90 Å². The van der Waals surface area contributed by atoms with Crippen LogP contribution in [-0.2, 0) is 0 Å². The zero-order chi connectivity index (χ0) is 12.0. The van der Waals surface area contributed by atoms with Gasteiger partial charge in [-0.05, 0) is 37.6 Å². The van der Waals surface area contributed by atoms with Crippen LogP contribution in [0.1, 0.15) is 20.3 Å². The van der Waals surface area contributed by atoms with E-state index in [4.69, 9.17) is 4.74 Å². The molecule has 0 saturated heterocycles. The van der Waals surface area contributed by atoms with Gasteiger partial charge in [-0.25, -0.2) is 0 Å². The second-order valence-corrected chi connectivity index (χ2v) is 3.34. The highest BCUT2D eigenvalue weighted by molar-refractivity contribution is 5.84. The molecular formula is C12H16NO3-. The minimum absolute atomic E-state index is 0.441. The number of carbonyl (C=O) groups is 1. The fraction of sp³-hybridized carbons (Fsp3) is 0.417. The number of nitrogens with zero attached hydrogens (tertiary/aromatic N) is 1. The van der Waals surface area contributed by atoms with E-state index in [0.29, 0.717) is 18.8 Å². The van der Waals surface area contributed by atoms with Gasteiger partial charge >= 0.3 is 0 Å². The number of carboxylic acid groups (broad SMARTS) is 1. The lowest BCUT2D eigenvalue weighted by Gasteiger charge is -2.24. The van der Waals surface area contributed by atoms with Gasteiger partial charge in [0.1, 0.15) is 11.8 Å². The van der Waals surface area contributed by atoms with Crippen LogP contribution in [0, 0.1) is 0 Å². The maximum absolute atomic E-state index is 10.9. The Balaban J connectivity index is 2.81. The van der Waals surface area contributed by atoms with E-state index < -0.39 is 6.09 Å². The fourth-order valence-corrected chi connectivity index (χ4v) is 1.44. The quantitative estimate of drug-likeness (QED) is 0.761. The predicted molar refractivity (Wildman–Crippen MR) is 60.6 cm³/mol. The van der Waals surface area contributed by atoms with Crippen LogP contribution < -0.4 is 14.7 Å². The number of ether oxygens (including phenoxy) is 1. The van der Waals surface area contributed by atoms with Gasteiger partial charge in [0.05, 0.1) is 6.61 Å². The highest BCUT2D eigenvalue weighted by Gasteiger charge is 2.06. The summed E-state index contributed by atoms with van der Waals surface area (Å²) in [6.07, 6.45) is -0.424. The number of anilines is 1. The van der Waals surface area contributed by atoms with Gasteiger partial charge in [-0.3, -0.25) is 0 Å². The van der Waals surface area contributed by atoms with Crippen LogP contribution in [0.15, 0.2) is 24.3 Å². The molecule has 0 aliphatic heterocycles. The van der Waals surface area contributed by atoms with Crippen LogP contribution in [0.25, 0.3) is 0 Å². The third-order valence-corrected chi connectivity index (χ3v) is 2.13. The highest BCUT2D eigenvalue weighted by atomic mass is 16.5. The summed E-state index contributed by atoms with van der Waals surface area (Å²) in [5.41, 5.74) is 0.616. The van der Waals surface area contributed by atoms with E-state index in [1.807, 2.05) is 13.8 Å². The van der Waals surface area contributed by atoms with Crippen molar-refractivity contribution in [3.05, 3.63) is 24.3 Å². The van der Waals surface area contributed by atoms with Crippen LogP contribution in [0.3, 0.4) is 0 Å². The van der Waals surface area contributed by atoms with Gasteiger partial charge in [-0.1, -0.05) is 6.92 Å². The van der Waals surface area contributed by atoms with Crippen molar-refractivity contribution >= 4 is 11.8 Å². The van der Waals surface area contributed by atoms with E-state index in [2.05, 4.69) is 0 Å². The summed E-state index contributed by atoms with van der Waals surface area (Å²) in [4.78, 5) is 12.1. The molecule has 4 heteroatoms. The van der Waals surface area contributed by atoms with Crippen molar-refractivity contribution < 1.29 is 14.6 Å². The Morgan fingerprint density at radius 2 is 1.94 bits per heavy atom. The van der Waals surface area contributed by atoms with Gasteiger partial charge in [-0.2, -0.15) is 0 Å². The molecule has 0 spiro atoms. The summed E-state index contributed by atoms with van der Waals surface area (Å²) in [6, 6.07) is 6.95. The Bertz CT molecular complexity index is 335. The molecule has 88 valence electrons. The summed E-state index contributed by atoms with van der Waals surface area (Å²) in [5, 5.41) is 10.9. The van der Waals surface area contributed by atoms with Crippen molar-refractivity contribution in [3.63, 3.8) is 0 Å². The Kier molecular flexibility index (Phi) is 4.64. The summed E-state index contributed by atoms with van der Waals surface area (Å²) in [7, 11) is 0. The lowest BCUT2D eigenvalue weighted by atomic mass is 10.2. The molecule has 0 aromatic heterocycles. The molecule has 4 nitrogen and oxygen atoms in total. The molecule has 1 aromatic rings.